The van der Waals surface area contributed by atoms with Crippen molar-refractivity contribution in [2.24, 2.45) is 5.92 Å². The van der Waals surface area contributed by atoms with Crippen molar-refractivity contribution in [3.8, 4) is 5.75 Å². The van der Waals surface area contributed by atoms with Crippen LogP contribution >= 0.6 is 0 Å². The van der Waals surface area contributed by atoms with Crippen LogP contribution < -0.4 is 10.1 Å². The van der Waals surface area contributed by atoms with Gasteiger partial charge in [0.05, 0.1) is 13.0 Å². The third-order valence-electron chi connectivity index (χ3n) is 3.42. The first-order chi connectivity index (χ1) is 9.17. The molecule has 0 bridgehead atoms. The second kappa shape index (κ2) is 8.57. The number of benzene rings is 1. The molecule has 1 N–H and O–H groups in total. The van der Waals surface area contributed by atoms with Crippen LogP contribution in [0.25, 0.3) is 0 Å². The molecule has 0 unspecified atom stereocenters. The van der Waals surface area contributed by atoms with Gasteiger partial charge in [0.2, 0.25) is 5.91 Å². The minimum absolute atomic E-state index is 0.0699. The Hall–Kier alpha value is -1.51. The summed E-state index contributed by atoms with van der Waals surface area (Å²) in [5.74, 6) is 1.51. The number of carbonyl (C=O) groups excluding carboxylic acids is 1. The summed E-state index contributed by atoms with van der Waals surface area (Å²) in [6, 6.07) is 7.85. The quantitative estimate of drug-likeness (QED) is 0.781. The molecule has 1 aromatic rings. The van der Waals surface area contributed by atoms with E-state index < -0.39 is 0 Å². The highest BCUT2D eigenvalue weighted by Crippen LogP contribution is 2.16. The van der Waals surface area contributed by atoms with Crippen molar-refractivity contribution in [3.63, 3.8) is 0 Å². The maximum Gasteiger partial charge on any atom is 0.223 e. The normalized spacial score (nSPS) is 10.5. The van der Waals surface area contributed by atoms with Crippen molar-refractivity contribution in [2.75, 3.05) is 13.2 Å². The van der Waals surface area contributed by atoms with Crippen LogP contribution in [-0.4, -0.2) is 19.1 Å². The van der Waals surface area contributed by atoms with Crippen LogP contribution in [0.3, 0.4) is 0 Å². The van der Waals surface area contributed by atoms with Crippen molar-refractivity contribution >= 4 is 5.91 Å². The molecule has 0 aliphatic carbocycles. The lowest BCUT2D eigenvalue weighted by molar-refractivity contribution is -0.121. The molecule has 0 aliphatic heterocycles. The minimum Gasteiger partial charge on any atom is -0.493 e. The standard InChI is InChI=1S/C16H25NO2/c1-4-14(5-2)12-17-16(18)10-11-19-15-9-7-6-8-13(15)3/h6-9,14H,4-5,10-12H2,1-3H3,(H,17,18). The van der Waals surface area contributed by atoms with Gasteiger partial charge in [0, 0.05) is 6.54 Å². The zero-order valence-corrected chi connectivity index (χ0v) is 12.2. The van der Waals surface area contributed by atoms with Gasteiger partial charge in [0.1, 0.15) is 5.75 Å². The maximum absolute atomic E-state index is 11.7. The fourth-order valence-electron chi connectivity index (χ4n) is 1.90. The van der Waals surface area contributed by atoms with Gasteiger partial charge in [-0.2, -0.15) is 0 Å². The van der Waals surface area contributed by atoms with Gasteiger partial charge in [-0.3, -0.25) is 4.79 Å². The van der Waals surface area contributed by atoms with Crippen molar-refractivity contribution in [1.29, 1.82) is 0 Å². The van der Waals surface area contributed by atoms with Crippen molar-refractivity contribution < 1.29 is 9.53 Å². The van der Waals surface area contributed by atoms with Crippen LogP contribution in [0.5, 0.6) is 5.75 Å². The second-order valence-electron chi connectivity index (χ2n) is 4.85. The van der Waals surface area contributed by atoms with E-state index in [9.17, 15) is 4.79 Å². The van der Waals surface area contributed by atoms with E-state index in [4.69, 9.17) is 4.74 Å². The summed E-state index contributed by atoms with van der Waals surface area (Å²) in [5, 5.41) is 2.97. The van der Waals surface area contributed by atoms with E-state index in [1.54, 1.807) is 0 Å². The van der Waals surface area contributed by atoms with Crippen molar-refractivity contribution in [1.82, 2.24) is 5.32 Å². The third-order valence-corrected chi connectivity index (χ3v) is 3.42. The molecule has 3 heteroatoms. The van der Waals surface area contributed by atoms with Crippen LogP contribution in [0.4, 0.5) is 0 Å². The number of ether oxygens (including phenoxy) is 1. The summed E-state index contributed by atoms with van der Waals surface area (Å²) in [7, 11) is 0. The SMILES string of the molecule is CCC(CC)CNC(=O)CCOc1ccccc1C. The van der Waals surface area contributed by atoms with E-state index in [0.29, 0.717) is 18.9 Å². The lowest BCUT2D eigenvalue weighted by Crippen LogP contribution is -2.29. The van der Waals surface area contributed by atoms with Gasteiger partial charge in [0.15, 0.2) is 0 Å². The summed E-state index contributed by atoms with van der Waals surface area (Å²) >= 11 is 0. The van der Waals surface area contributed by atoms with E-state index in [2.05, 4.69) is 19.2 Å². The van der Waals surface area contributed by atoms with Gasteiger partial charge in [0.25, 0.3) is 0 Å². The molecule has 0 spiro atoms. The van der Waals surface area contributed by atoms with Gasteiger partial charge < -0.3 is 10.1 Å². The molecule has 0 radical (unpaired) electrons. The number of nitrogens with one attached hydrogen (secondary N) is 1. The summed E-state index contributed by atoms with van der Waals surface area (Å²) in [4.78, 5) is 11.7. The summed E-state index contributed by atoms with van der Waals surface area (Å²) < 4.78 is 5.61. The number of hydrogen-bond acceptors (Lipinski definition) is 2. The molecule has 106 valence electrons. The second-order valence-corrected chi connectivity index (χ2v) is 4.85. The van der Waals surface area contributed by atoms with Gasteiger partial charge >= 0.3 is 0 Å². The molecular formula is C16H25NO2. The molecule has 3 nitrogen and oxygen atoms in total. The van der Waals surface area contributed by atoms with E-state index in [1.807, 2.05) is 31.2 Å². The Morgan fingerprint density at radius 3 is 2.58 bits per heavy atom. The molecule has 0 heterocycles. The molecule has 0 aromatic heterocycles. The predicted octanol–water partition coefficient (Wildman–Crippen LogP) is 3.32. The third kappa shape index (κ3) is 5.77. The average Bonchev–Trinajstić information content (AvgIpc) is 2.42. The van der Waals surface area contributed by atoms with E-state index in [-0.39, 0.29) is 5.91 Å². The van der Waals surface area contributed by atoms with Crippen LogP contribution in [0.1, 0.15) is 38.7 Å². The molecule has 1 rings (SSSR count). The number of hydrogen-bond donors (Lipinski definition) is 1. The smallest absolute Gasteiger partial charge is 0.223 e. The molecule has 19 heavy (non-hydrogen) atoms. The van der Waals surface area contributed by atoms with E-state index in [1.165, 1.54) is 0 Å². The fraction of sp³-hybridized carbons (Fsp3) is 0.562. The Labute approximate surface area is 116 Å². The molecule has 1 aromatic carbocycles. The van der Waals surface area contributed by atoms with Crippen LogP contribution in [-0.2, 0) is 4.79 Å². The number of aryl methyl sites for hydroxylation is 1. The van der Waals surface area contributed by atoms with E-state index >= 15 is 0 Å². The Kier molecular flexibility index (Phi) is 7.01. The summed E-state index contributed by atoms with van der Waals surface area (Å²) in [6.45, 7) is 7.52. The van der Waals surface area contributed by atoms with Crippen LogP contribution in [0, 0.1) is 12.8 Å². The molecule has 1 amide bonds. The van der Waals surface area contributed by atoms with Crippen LogP contribution in [0.15, 0.2) is 24.3 Å². The average molecular weight is 263 g/mol. The molecule has 0 saturated carbocycles. The monoisotopic (exact) mass is 263 g/mol. The topological polar surface area (TPSA) is 38.3 Å². The Morgan fingerprint density at radius 2 is 1.95 bits per heavy atom. The fourth-order valence-corrected chi connectivity index (χ4v) is 1.90. The number of carbonyl (C=O) groups is 1. The highest BCUT2D eigenvalue weighted by atomic mass is 16.5. The van der Waals surface area contributed by atoms with Gasteiger partial charge in [-0.05, 0) is 24.5 Å². The number of rotatable bonds is 8. The first kappa shape index (κ1) is 15.5. The molecule has 0 fully saturated rings. The Bertz CT molecular complexity index is 386. The summed E-state index contributed by atoms with van der Waals surface area (Å²) in [6.07, 6.45) is 2.63. The Balaban J connectivity index is 2.22. The van der Waals surface area contributed by atoms with Gasteiger partial charge in [-0.1, -0.05) is 44.9 Å². The zero-order valence-electron chi connectivity index (χ0n) is 12.2. The zero-order chi connectivity index (χ0) is 14.1. The lowest BCUT2D eigenvalue weighted by Gasteiger charge is -2.13. The highest BCUT2D eigenvalue weighted by molar-refractivity contribution is 5.75. The molecule has 0 atom stereocenters. The maximum atomic E-state index is 11.7. The minimum atomic E-state index is 0.0699. The first-order valence-corrected chi connectivity index (χ1v) is 7.12. The first-order valence-electron chi connectivity index (χ1n) is 7.12. The van der Waals surface area contributed by atoms with Crippen molar-refractivity contribution in [3.05, 3.63) is 29.8 Å². The molecular weight excluding hydrogens is 238 g/mol. The van der Waals surface area contributed by atoms with Gasteiger partial charge in [-0.15, -0.1) is 0 Å². The predicted molar refractivity (Wildman–Crippen MR) is 78.4 cm³/mol. The Morgan fingerprint density at radius 1 is 1.26 bits per heavy atom. The highest BCUT2D eigenvalue weighted by Gasteiger charge is 2.07. The van der Waals surface area contributed by atoms with Crippen molar-refractivity contribution in [2.45, 2.75) is 40.0 Å². The molecule has 0 aliphatic rings. The van der Waals surface area contributed by atoms with Gasteiger partial charge in [-0.25, -0.2) is 0 Å². The van der Waals surface area contributed by atoms with E-state index in [0.717, 1.165) is 30.7 Å². The molecule has 0 saturated heterocycles. The largest absolute Gasteiger partial charge is 0.493 e. The lowest BCUT2D eigenvalue weighted by atomic mass is 10.0. The van der Waals surface area contributed by atoms with Crippen LogP contribution in [0.2, 0.25) is 0 Å². The summed E-state index contributed by atoms with van der Waals surface area (Å²) in [5.41, 5.74) is 1.10. The number of para-hydroxylation sites is 1. The number of amides is 1.